The van der Waals surface area contributed by atoms with Crippen molar-refractivity contribution in [3.63, 3.8) is 0 Å². The summed E-state index contributed by atoms with van der Waals surface area (Å²) in [5, 5.41) is 0. The summed E-state index contributed by atoms with van der Waals surface area (Å²) in [5.74, 6) is -0.589. The van der Waals surface area contributed by atoms with Gasteiger partial charge in [-0.3, -0.25) is 9.59 Å². The lowest BCUT2D eigenvalue weighted by Crippen LogP contribution is -2.12. The molecule has 0 fully saturated rings. The SMILES string of the molecule is C=NC(=O)c1ccc(-n2ccc(=O)cc2)c(S(C)(=O)=O)c1C. The van der Waals surface area contributed by atoms with E-state index in [1.165, 1.54) is 41.2 Å². The van der Waals surface area contributed by atoms with Gasteiger partial charge in [-0.2, -0.15) is 0 Å². The largest absolute Gasteiger partial charge is 0.322 e. The summed E-state index contributed by atoms with van der Waals surface area (Å²) in [6.45, 7) is 4.71. The molecule has 0 atom stereocenters. The second kappa shape index (κ2) is 5.69. The van der Waals surface area contributed by atoms with Gasteiger partial charge in [0.05, 0.1) is 10.6 Å². The molecule has 0 N–H and O–H groups in total. The molecule has 1 aromatic carbocycles. The van der Waals surface area contributed by atoms with E-state index in [1.54, 1.807) is 6.92 Å². The van der Waals surface area contributed by atoms with Gasteiger partial charge in [-0.05, 0) is 31.3 Å². The van der Waals surface area contributed by atoms with Crippen LogP contribution < -0.4 is 5.43 Å². The van der Waals surface area contributed by atoms with Crippen molar-refractivity contribution in [3.05, 3.63) is 58.0 Å². The van der Waals surface area contributed by atoms with Gasteiger partial charge in [0.1, 0.15) is 0 Å². The van der Waals surface area contributed by atoms with Crippen molar-refractivity contribution in [2.45, 2.75) is 11.8 Å². The van der Waals surface area contributed by atoms with Crippen LogP contribution in [0.1, 0.15) is 15.9 Å². The number of rotatable bonds is 3. The molecular weight excluding hydrogens is 304 g/mol. The van der Waals surface area contributed by atoms with E-state index in [1.807, 2.05) is 0 Å². The summed E-state index contributed by atoms with van der Waals surface area (Å²) < 4.78 is 25.8. The minimum Gasteiger partial charge on any atom is -0.322 e. The van der Waals surface area contributed by atoms with E-state index in [9.17, 15) is 18.0 Å². The number of benzene rings is 1. The van der Waals surface area contributed by atoms with E-state index < -0.39 is 15.7 Å². The van der Waals surface area contributed by atoms with Crippen molar-refractivity contribution in [1.82, 2.24) is 4.57 Å². The first-order chi connectivity index (χ1) is 10.3. The average molecular weight is 318 g/mol. The number of sulfone groups is 1. The number of hydrogen-bond acceptors (Lipinski definition) is 4. The summed E-state index contributed by atoms with van der Waals surface area (Å²) in [7, 11) is -3.60. The fraction of sp³-hybridized carbons (Fsp3) is 0.133. The Hall–Kier alpha value is -2.54. The van der Waals surface area contributed by atoms with E-state index in [-0.39, 0.29) is 15.9 Å². The number of aliphatic imine (C=N–C) groups is 1. The van der Waals surface area contributed by atoms with Crippen LogP contribution in [0.25, 0.3) is 5.69 Å². The van der Waals surface area contributed by atoms with Crippen molar-refractivity contribution < 1.29 is 13.2 Å². The maximum atomic E-state index is 12.1. The normalized spacial score (nSPS) is 11.2. The smallest absolute Gasteiger partial charge is 0.276 e. The van der Waals surface area contributed by atoms with Gasteiger partial charge in [0.2, 0.25) is 0 Å². The van der Waals surface area contributed by atoms with Gasteiger partial charge < -0.3 is 4.57 Å². The zero-order chi connectivity index (χ0) is 16.5. The number of carbonyl (C=O) groups is 1. The predicted octanol–water partition coefficient (Wildman–Crippen LogP) is 1.39. The fourth-order valence-corrected chi connectivity index (χ4v) is 3.46. The predicted molar refractivity (Wildman–Crippen MR) is 83.8 cm³/mol. The Morgan fingerprint density at radius 1 is 1.18 bits per heavy atom. The Morgan fingerprint density at radius 2 is 1.77 bits per heavy atom. The van der Waals surface area contributed by atoms with Crippen LogP contribution >= 0.6 is 0 Å². The van der Waals surface area contributed by atoms with Gasteiger partial charge in [0.25, 0.3) is 5.91 Å². The zero-order valence-corrected chi connectivity index (χ0v) is 12.9. The highest BCUT2D eigenvalue weighted by Gasteiger charge is 2.22. The summed E-state index contributed by atoms with van der Waals surface area (Å²) >= 11 is 0. The molecule has 22 heavy (non-hydrogen) atoms. The standard InChI is InChI=1S/C15H14N2O4S/c1-10-12(15(19)16-2)4-5-13(14(10)22(3,20)21)17-8-6-11(18)7-9-17/h4-9H,2H2,1,3H3. The molecule has 0 aliphatic rings. The van der Waals surface area contributed by atoms with Crippen molar-refractivity contribution in [3.8, 4) is 5.69 Å². The molecule has 1 heterocycles. The molecule has 0 saturated carbocycles. The molecule has 0 bridgehead atoms. The van der Waals surface area contributed by atoms with Gasteiger partial charge in [-0.25, -0.2) is 13.4 Å². The lowest BCUT2D eigenvalue weighted by molar-refractivity contribution is 0.100. The molecule has 0 aliphatic heterocycles. The highest BCUT2D eigenvalue weighted by molar-refractivity contribution is 7.90. The summed E-state index contributed by atoms with van der Waals surface area (Å²) in [4.78, 5) is 26.3. The van der Waals surface area contributed by atoms with Gasteiger partial charge >= 0.3 is 0 Å². The molecule has 2 aromatic rings. The molecule has 6 nitrogen and oxygen atoms in total. The Kier molecular flexibility index (Phi) is 4.09. The Labute approximate surface area is 127 Å². The summed E-state index contributed by atoms with van der Waals surface area (Å²) in [5.41, 5.74) is 0.661. The monoisotopic (exact) mass is 318 g/mol. The Bertz CT molecular complexity index is 907. The first-order valence-electron chi connectivity index (χ1n) is 6.29. The molecule has 2 rings (SSSR count). The van der Waals surface area contributed by atoms with Gasteiger partial charge in [0, 0.05) is 36.3 Å². The number of carbonyl (C=O) groups excluding carboxylic acids is 1. The number of hydrogen-bond donors (Lipinski definition) is 0. The second-order valence-electron chi connectivity index (χ2n) is 4.76. The van der Waals surface area contributed by atoms with E-state index in [0.717, 1.165) is 6.26 Å². The van der Waals surface area contributed by atoms with Crippen molar-refractivity contribution >= 4 is 22.5 Å². The maximum Gasteiger partial charge on any atom is 0.276 e. The highest BCUT2D eigenvalue weighted by Crippen LogP contribution is 2.27. The third kappa shape index (κ3) is 2.89. The van der Waals surface area contributed by atoms with E-state index in [2.05, 4.69) is 11.7 Å². The third-order valence-corrected chi connectivity index (χ3v) is 4.46. The molecule has 7 heteroatoms. The highest BCUT2D eigenvalue weighted by atomic mass is 32.2. The number of amides is 1. The maximum absolute atomic E-state index is 12.1. The Morgan fingerprint density at radius 3 is 2.27 bits per heavy atom. The van der Waals surface area contributed by atoms with Gasteiger partial charge in [-0.1, -0.05) is 0 Å². The van der Waals surface area contributed by atoms with Crippen LogP contribution in [0.2, 0.25) is 0 Å². The van der Waals surface area contributed by atoms with Crippen LogP contribution in [-0.4, -0.2) is 31.9 Å². The van der Waals surface area contributed by atoms with Crippen LogP contribution in [0.3, 0.4) is 0 Å². The van der Waals surface area contributed by atoms with E-state index in [0.29, 0.717) is 11.3 Å². The Balaban J connectivity index is 2.83. The zero-order valence-electron chi connectivity index (χ0n) is 12.1. The molecule has 0 aliphatic carbocycles. The lowest BCUT2D eigenvalue weighted by atomic mass is 10.1. The molecule has 0 saturated heterocycles. The third-order valence-electron chi connectivity index (χ3n) is 3.21. The van der Waals surface area contributed by atoms with Crippen molar-refractivity contribution in [2.24, 2.45) is 4.99 Å². The van der Waals surface area contributed by atoms with Crippen molar-refractivity contribution in [1.29, 1.82) is 0 Å². The summed E-state index contributed by atoms with van der Waals surface area (Å²) in [6.07, 6.45) is 4.01. The molecule has 114 valence electrons. The molecule has 1 aromatic heterocycles. The molecule has 0 radical (unpaired) electrons. The molecule has 0 spiro atoms. The van der Waals surface area contributed by atoms with Crippen LogP contribution in [0, 0.1) is 6.92 Å². The number of pyridine rings is 1. The first kappa shape index (κ1) is 15.8. The van der Waals surface area contributed by atoms with Gasteiger partial charge in [-0.15, -0.1) is 0 Å². The molecular formula is C15H14N2O4S. The quantitative estimate of drug-likeness (QED) is 0.800. The van der Waals surface area contributed by atoms with Crippen LogP contribution in [-0.2, 0) is 9.84 Å². The van der Waals surface area contributed by atoms with Crippen LogP contribution in [0.15, 0.2) is 51.3 Å². The minimum atomic E-state index is -3.60. The minimum absolute atomic E-state index is 0.0191. The van der Waals surface area contributed by atoms with Crippen molar-refractivity contribution in [2.75, 3.05) is 6.26 Å². The first-order valence-corrected chi connectivity index (χ1v) is 8.18. The summed E-state index contributed by atoms with van der Waals surface area (Å²) in [6, 6.07) is 5.65. The topological polar surface area (TPSA) is 85.6 Å². The van der Waals surface area contributed by atoms with Crippen LogP contribution in [0.5, 0.6) is 0 Å². The van der Waals surface area contributed by atoms with E-state index >= 15 is 0 Å². The number of nitrogens with zero attached hydrogens (tertiary/aromatic N) is 2. The van der Waals surface area contributed by atoms with Gasteiger partial charge in [0.15, 0.2) is 15.3 Å². The average Bonchev–Trinajstić information content (AvgIpc) is 2.45. The molecule has 0 unspecified atom stereocenters. The second-order valence-corrected chi connectivity index (χ2v) is 6.72. The fourth-order valence-electron chi connectivity index (χ4n) is 2.24. The lowest BCUT2D eigenvalue weighted by Gasteiger charge is -2.15. The number of aromatic nitrogens is 1. The van der Waals surface area contributed by atoms with Crippen LogP contribution in [0.4, 0.5) is 0 Å². The molecule has 1 amide bonds. The van der Waals surface area contributed by atoms with E-state index in [4.69, 9.17) is 0 Å².